The number of methoxy groups -OCH3 is 1. The Balaban J connectivity index is 3.05. The van der Waals surface area contributed by atoms with Crippen LogP contribution in [0.2, 0.25) is 0 Å². The summed E-state index contributed by atoms with van der Waals surface area (Å²) in [4.78, 5) is 9.20. The van der Waals surface area contributed by atoms with Crippen LogP contribution in [0, 0.1) is 13.8 Å². The maximum absolute atomic E-state index is 5.45. The molecule has 0 spiro atoms. The molecule has 108 valence electrons. The number of hydrogen-bond donors (Lipinski definition) is 1. The van der Waals surface area contributed by atoms with Crippen LogP contribution in [0.25, 0.3) is 0 Å². The number of ether oxygens (including phenoxy) is 1. The molecule has 1 aromatic rings. The van der Waals surface area contributed by atoms with Gasteiger partial charge in [-0.05, 0) is 48.5 Å². The van der Waals surface area contributed by atoms with Crippen molar-refractivity contribution in [3.8, 4) is 0 Å². The van der Waals surface area contributed by atoms with Crippen molar-refractivity contribution in [3.63, 3.8) is 0 Å². The second kappa shape index (κ2) is 5.55. The molecule has 0 bridgehead atoms. The molecule has 0 amide bonds. The molecule has 19 heavy (non-hydrogen) atoms. The Morgan fingerprint density at radius 3 is 1.84 bits per heavy atom. The molecule has 1 aromatic heterocycles. The van der Waals surface area contributed by atoms with Crippen LogP contribution >= 0.6 is 0 Å². The Bertz CT molecular complexity index is 424. The van der Waals surface area contributed by atoms with E-state index in [0.29, 0.717) is 0 Å². The molecule has 0 unspecified atom stereocenters. The van der Waals surface area contributed by atoms with Gasteiger partial charge in [0.15, 0.2) is 5.82 Å². The summed E-state index contributed by atoms with van der Waals surface area (Å²) in [5.74, 6) is 0.740. The molecule has 1 rings (SSSR count). The predicted octanol–water partition coefficient (Wildman–Crippen LogP) is 2.86. The fraction of sp³-hybridized carbons (Fsp3) is 0.733. The van der Waals surface area contributed by atoms with Crippen molar-refractivity contribution in [3.05, 3.63) is 22.8 Å². The second-order valence-corrected chi connectivity index (χ2v) is 6.51. The van der Waals surface area contributed by atoms with Crippen LogP contribution in [-0.2, 0) is 16.9 Å². The molecular formula is C15H27N3O. The summed E-state index contributed by atoms with van der Waals surface area (Å²) < 4.78 is 5.45. The van der Waals surface area contributed by atoms with E-state index in [9.17, 15) is 0 Å². The SMILES string of the molecule is COC(C)(C)c1nc(C)c(CNC(C)(C)C)c(C)n1. The van der Waals surface area contributed by atoms with Crippen LogP contribution in [0.5, 0.6) is 0 Å². The van der Waals surface area contributed by atoms with Gasteiger partial charge in [-0.3, -0.25) is 0 Å². The summed E-state index contributed by atoms with van der Waals surface area (Å²) >= 11 is 0. The van der Waals surface area contributed by atoms with E-state index in [1.165, 1.54) is 5.56 Å². The topological polar surface area (TPSA) is 47.0 Å². The highest BCUT2D eigenvalue weighted by Gasteiger charge is 2.25. The molecule has 1 heterocycles. The Hall–Kier alpha value is -1.00. The van der Waals surface area contributed by atoms with E-state index < -0.39 is 5.60 Å². The molecule has 0 saturated heterocycles. The van der Waals surface area contributed by atoms with E-state index >= 15 is 0 Å². The molecule has 0 fully saturated rings. The van der Waals surface area contributed by atoms with Gasteiger partial charge in [0, 0.05) is 36.1 Å². The summed E-state index contributed by atoms with van der Waals surface area (Å²) in [5, 5.41) is 3.48. The number of aryl methyl sites for hydroxylation is 2. The monoisotopic (exact) mass is 265 g/mol. The first kappa shape index (κ1) is 16.1. The summed E-state index contributed by atoms with van der Waals surface area (Å²) in [7, 11) is 1.68. The molecule has 4 nitrogen and oxygen atoms in total. The first-order chi connectivity index (χ1) is 8.57. The lowest BCUT2D eigenvalue weighted by atomic mass is 10.1. The Morgan fingerprint density at radius 2 is 1.47 bits per heavy atom. The third-order valence-electron chi connectivity index (χ3n) is 3.26. The van der Waals surface area contributed by atoms with Crippen molar-refractivity contribution in [2.75, 3.05) is 7.11 Å². The van der Waals surface area contributed by atoms with Crippen molar-refractivity contribution >= 4 is 0 Å². The number of rotatable bonds is 4. The lowest BCUT2D eigenvalue weighted by Crippen LogP contribution is -2.36. The average molecular weight is 265 g/mol. The van der Waals surface area contributed by atoms with Gasteiger partial charge in [-0.1, -0.05) is 0 Å². The van der Waals surface area contributed by atoms with Crippen LogP contribution in [-0.4, -0.2) is 22.6 Å². The Morgan fingerprint density at radius 1 is 1.00 bits per heavy atom. The van der Waals surface area contributed by atoms with Gasteiger partial charge in [0.25, 0.3) is 0 Å². The Kier molecular flexibility index (Phi) is 4.69. The molecule has 0 aliphatic heterocycles. The molecule has 1 N–H and O–H groups in total. The highest BCUT2D eigenvalue weighted by Crippen LogP contribution is 2.22. The van der Waals surface area contributed by atoms with E-state index in [-0.39, 0.29) is 5.54 Å². The summed E-state index contributed by atoms with van der Waals surface area (Å²) in [5.41, 5.74) is 2.84. The van der Waals surface area contributed by atoms with Crippen LogP contribution in [0.4, 0.5) is 0 Å². The summed E-state index contributed by atoms with van der Waals surface area (Å²) in [6, 6.07) is 0. The number of nitrogens with one attached hydrogen (secondary N) is 1. The van der Waals surface area contributed by atoms with Crippen LogP contribution in [0.1, 0.15) is 57.4 Å². The van der Waals surface area contributed by atoms with E-state index in [2.05, 4.69) is 36.1 Å². The van der Waals surface area contributed by atoms with Gasteiger partial charge in [-0.15, -0.1) is 0 Å². The minimum absolute atomic E-state index is 0.0867. The third-order valence-corrected chi connectivity index (χ3v) is 3.26. The van der Waals surface area contributed by atoms with Crippen molar-refractivity contribution in [1.82, 2.24) is 15.3 Å². The standard InChI is InChI=1S/C15H27N3O/c1-10-12(9-16-14(3,4)5)11(2)18-13(17-10)15(6,7)19-8/h16H,9H2,1-8H3. The van der Waals surface area contributed by atoms with E-state index in [4.69, 9.17) is 4.74 Å². The van der Waals surface area contributed by atoms with Gasteiger partial charge < -0.3 is 10.1 Å². The Labute approximate surface area is 117 Å². The predicted molar refractivity (Wildman–Crippen MR) is 78.1 cm³/mol. The van der Waals surface area contributed by atoms with Crippen LogP contribution < -0.4 is 5.32 Å². The highest BCUT2D eigenvalue weighted by molar-refractivity contribution is 5.25. The fourth-order valence-corrected chi connectivity index (χ4v) is 1.71. The van der Waals surface area contributed by atoms with Gasteiger partial charge in [-0.25, -0.2) is 9.97 Å². The lowest BCUT2D eigenvalue weighted by molar-refractivity contribution is 0.0111. The molecule has 4 heteroatoms. The summed E-state index contributed by atoms with van der Waals surface area (Å²) in [6.07, 6.45) is 0. The maximum Gasteiger partial charge on any atom is 0.160 e. The third kappa shape index (κ3) is 4.25. The molecule has 0 aliphatic rings. The fourth-order valence-electron chi connectivity index (χ4n) is 1.71. The zero-order chi connectivity index (χ0) is 14.8. The smallest absolute Gasteiger partial charge is 0.160 e. The van der Waals surface area contributed by atoms with Gasteiger partial charge >= 0.3 is 0 Å². The zero-order valence-electron chi connectivity index (χ0n) is 13.5. The van der Waals surface area contributed by atoms with E-state index in [1.807, 2.05) is 27.7 Å². The van der Waals surface area contributed by atoms with Crippen molar-refractivity contribution in [2.45, 2.75) is 66.2 Å². The van der Waals surface area contributed by atoms with E-state index in [0.717, 1.165) is 23.8 Å². The summed E-state index contributed by atoms with van der Waals surface area (Å²) in [6.45, 7) is 15.3. The molecule has 0 aromatic carbocycles. The minimum Gasteiger partial charge on any atom is -0.371 e. The quantitative estimate of drug-likeness (QED) is 0.909. The lowest BCUT2D eigenvalue weighted by Gasteiger charge is -2.25. The van der Waals surface area contributed by atoms with Crippen LogP contribution in [0.3, 0.4) is 0 Å². The zero-order valence-corrected chi connectivity index (χ0v) is 13.5. The first-order valence-corrected chi connectivity index (χ1v) is 6.71. The number of hydrogen-bond acceptors (Lipinski definition) is 4. The highest BCUT2D eigenvalue weighted by atomic mass is 16.5. The molecule has 0 saturated carbocycles. The van der Waals surface area contributed by atoms with Crippen LogP contribution in [0.15, 0.2) is 0 Å². The van der Waals surface area contributed by atoms with Gasteiger partial charge in [-0.2, -0.15) is 0 Å². The first-order valence-electron chi connectivity index (χ1n) is 6.71. The number of aromatic nitrogens is 2. The van der Waals surface area contributed by atoms with Crippen molar-refractivity contribution < 1.29 is 4.74 Å². The normalized spacial score (nSPS) is 12.8. The van der Waals surface area contributed by atoms with Gasteiger partial charge in [0.2, 0.25) is 0 Å². The second-order valence-electron chi connectivity index (χ2n) is 6.51. The molecule has 0 aliphatic carbocycles. The molecule has 0 radical (unpaired) electrons. The van der Waals surface area contributed by atoms with Crippen molar-refractivity contribution in [2.24, 2.45) is 0 Å². The van der Waals surface area contributed by atoms with Gasteiger partial charge in [0.1, 0.15) is 5.60 Å². The van der Waals surface area contributed by atoms with Gasteiger partial charge in [0.05, 0.1) is 0 Å². The minimum atomic E-state index is -0.453. The van der Waals surface area contributed by atoms with Crippen molar-refractivity contribution in [1.29, 1.82) is 0 Å². The largest absolute Gasteiger partial charge is 0.371 e. The molecular weight excluding hydrogens is 238 g/mol. The maximum atomic E-state index is 5.45. The average Bonchev–Trinajstić information content (AvgIpc) is 2.26. The number of nitrogens with zero attached hydrogens (tertiary/aromatic N) is 2. The van der Waals surface area contributed by atoms with E-state index in [1.54, 1.807) is 7.11 Å². The molecule has 0 atom stereocenters.